The lowest BCUT2D eigenvalue weighted by Gasteiger charge is -2.24. The Labute approximate surface area is 172 Å². The molecule has 5 rings (SSSR count). The maximum absolute atomic E-state index is 2.37. The molecular formula is C29H24. The van der Waals surface area contributed by atoms with Crippen LogP contribution in [0, 0.1) is 13.8 Å². The third kappa shape index (κ3) is 3.21. The summed E-state index contributed by atoms with van der Waals surface area (Å²) in [4.78, 5) is 0. The number of hydrogen-bond acceptors (Lipinski definition) is 0. The van der Waals surface area contributed by atoms with Crippen LogP contribution in [-0.2, 0) is 0 Å². The summed E-state index contributed by atoms with van der Waals surface area (Å²) in [6, 6.07) is 26.3. The van der Waals surface area contributed by atoms with Gasteiger partial charge in [-0.15, -0.1) is 0 Å². The Morgan fingerprint density at radius 2 is 1.45 bits per heavy atom. The summed E-state index contributed by atoms with van der Waals surface area (Å²) in [5.41, 5.74) is 6.74. The zero-order valence-electron chi connectivity index (χ0n) is 16.9. The molecule has 0 saturated heterocycles. The molecule has 1 aliphatic rings. The number of allylic oxidation sites excluding steroid dienone is 5. The van der Waals surface area contributed by atoms with E-state index in [0.717, 1.165) is 0 Å². The fourth-order valence-electron chi connectivity index (χ4n) is 4.47. The van der Waals surface area contributed by atoms with E-state index in [2.05, 4.69) is 117 Å². The molecule has 4 aromatic rings. The van der Waals surface area contributed by atoms with Crippen molar-refractivity contribution >= 4 is 27.6 Å². The fourth-order valence-corrected chi connectivity index (χ4v) is 4.47. The largest absolute Gasteiger partial charge is 0.0726 e. The van der Waals surface area contributed by atoms with Crippen molar-refractivity contribution in [1.82, 2.24) is 0 Å². The molecule has 0 heteroatoms. The van der Waals surface area contributed by atoms with Crippen LogP contribution in [0.15, 0.2) is 103 Å². The predicted molar refractivity (Wildman–Crippen MR) is 126 cm³/mol. The van der Waals surface area contributed by atoms with Gasteiger partial charge in [-0.05, 0) is 75.4 Å². The summed E-state index contributed by atoms with van der Waals surface area (Å²) in [5, 5.41) is 5.28. The summed E-state index contributed by atoms with van der Waals surface area (Å²) in [6.45, 7) is 4.50. The minimum atomic E-state index is 0.253. The van der Waals surface area contributed by atoms with Crippen LogP contribution >= 0.6 is 0 Å². The molecule has 0 heterocycles. The van der Waals surface area contributed by atoms with E-state index in [4.69, 9.17) is 0 Å². The van der Waals surface area contributed by atoms with E-state index in [9.17, 15) is 0 Å². The van der Waals surface area contributed by atoms with Gasteiger partial charge in [-0.2, -0.15) is 0 Å². The number of aryl methyl sites for hydroxylation is 1. The molecule has 0 radical (unpaired) electrons. The predicted octanol–water partition coefficient (Wildman–Crippen LogP) is 7.90. The quantitative estimate of drug-likeness (QED) is 0.314. The van der Waals surface area contributed by atoms with Gasteiger partial charge in [0.05, 0.1) is 0 Å². The minimum Gasteiger partial charge on any atom is -0.0726 e. The zero-order valence-corrected chi connectivity index (χ0v) is 16.9. The van der Waals surface area contributed by atoms with Crippen LogP contribution in [0.2, 0.25) is 0 Å². The van der Waals surface area contributed by atoms with Gasteiger partial charge in [0, 0.05) is 5.92 Å². The Morgan fingerprint density at radius 1 is 0.724 bits per heavy atom. The molecule has 140 valence electrons. The number of rotatable bonds is 2. The maximum atomic E-state index is 2.37. The molecule has 29 heavy (non-hydrogen) atoms. The van der Waals surface area contributed by atoms with Crippen molar-refractivity contribution in [2.45, 2.75) is 19.8 Å². The molecular weight excluding hydrogens is 348 g/mol. The topological polar surface area (TPSA) is 0 Å². The standard InChI is InChI=1S/C29H24/c1-20-16-26-18-23-12-6-7-13-24(23)19-28(26)29(21(20)2)27-15-9-8-14-25(27)17-22-10-4-3-5-11-22/h3-19,27H,1-2H3. The van der Waals surface area contributed by atoms with Crippen molar-refractivity contribution in [3.8, 4) is 0 Å². The van der Waals surface area contributed by atoms with Crippen molar-refractivity contribution in [2.24, 2.45) is 0 Å². The Kier molecular flexibility index (Phi) is 4.41. The molecule has 0 aliphatic heterocycles. The Hall–Kier alpha value is -3.38. The van der Waals surface area contributed by atoms with Crippen LogP contribution in [0.3, 0.4) is 0 Å². The van der Waals surface area contributed by atoms with E-state index in [1.54, 1.807) is 0 Å². The third-order valence-electron chi connectivity index (χ3n) is 6.08. The highest BCUT2D eigenvalue weighted by Crippen LogP contribution is 2.40. The van der Waals surface area contributed by atoms with Gasteiger partial charge in [-0.25, -0.2) is 0 Å². The molecule has 0 fully saturated rings. The van der Waals surface area contributed by atoms with Crippen LogP contribution in [0.4, 0.5) is 0 Å². The van der Waals surface area contributed by atoms with Gasteiger partial charge < -0.3 is 0 Å². The highest BCUT2D eigenvalue weighted by molar-refractivity contribution is 6.01. The Bertz CT molecular complexity index is 1300. The van der Waals surface area contributed by atoms with Crippen LogP contribution < -0.4 is 0 Å². The van der Waals surface area contributed by atoms with Crippen molar-refractivity contribution in [3.05, 3.63) is 125 Å². The second kappa shape index (κ2) is 7.22. The molecule has 0 spiro atoms. The van der Waals surface area contributed by atoms with E-state index in [1.165, 1.54) is 49.4 Å². The third-order valence-corrected chi connectivity index (χ3v) is 6.08. The first-order chi connectivity index (χ1) is 14.2. The van der Waals surface area contributed by atoms with E-state index in [-0.39, 0.29) is 5.92 Å². The number of fused-ring (bicyclic) bond motifs is 2. The second-order valence-electron chi connectivity index (χ2n) is 7.93. The number of benzene rings is 4. The monoisotopic (exact) mass is 372 g/mol. The SMILES string of the molecule is Cc1cc2cc3ccccc3cc2c(C2C=CC=CC2=Cc2ccccc2)c1C. The zero-order chi connectivity index (χ0) is 19.8. The molecule has 0 nitrogen and oxygen atoms in total. The first kappa shape index (κ1) is 17.7. The molecule has 0 N–H and O–H groups in total. The van der Waals surface area contributed by atoms with Gasteiger partial charge in [-0.1, -0.05) is 91.0 Å². The molecule has 1 aliphatic carbocycles. The molecule has 1 unspecified atom stereocenters. The Morgan fingerprint density at radius 3 is 2.24 bits per heavy atom. The summed E-state index contributed by atoms with van der Waals surface area (Å²) in [6.07, 6.45) is 11.2. The van der Waals surface area contributed by atoms with Gasteiger partial charge in [0.15, 0.2) is 0 Å². The molecule has 0 saturated carbocycles. The van der Waals surface area contributed by atoms with Crippen molar-refractivity contribution in [3.63, 3.8) is 0 Å². The van der Waals surface area contributed by atoms with Crippen molar-refractivity contribution in [2.75, 3.05) is 0 Å². The van der Waals surface area contributed by atoms with Gasteiger partial charge in [0.1, 0.15) is 0 Å². The smallest absolute Gasteiger partial charge is 0.0281 e. The van der Waals surface area contributed by atoms with Crippen molar-refractivity contribution in [1.29, 1.82) is 0 Å². The molecule has 0 amide bonds. The summed E-state index contributed by atoms with van der Waals surface area (Å²) >= 11 is 0. The van der Waals surface area contributed by atoms with E-state index >= 15 is 0 Å². The van der Waals surface area contributed by atoms with Crippen LogP contribution in [-0.4, -0.2) is 0 Å². The van der Waals surface area contributed by atoms with Gasteiger partial charge in [-0.3, -0.25) is 0 Å². The molecule has 0 bridgehead atoms. The first-order valence-electron chi connectivity index (χ1n) is 10.2. The fraction of sp³-hybridized carbons (Fsp3) is 0.103. The van der Waals surface area contributed by atoms with Crippen molar-refractivity contribution < 1.29 is 0 Å². The van der Waals surface area contributed by atoms with E-state index < -0.39 is 0 Å². The lowest BCUT2D eigenvalue weighted by atomic mass is 9.80. The Balaban J connectivity index is 1.77. The van der Waals surface area contributed by atoms with E-state index in [1.807, 2.05) is 0 Å². The highest BCUT2D eigenvalue weighted by Gasteiger charge is 2.20. The summed E-state index contributed by atoms with van der Waals surface area (Å²) < 4.78 is 0. The van der Waals surface area contributed by atoms with Gasteiger partial charge >= 0.3 is 0 Å². The average molecular weight is 373 g/mol. The number of hydrogen-bond donors (Lipinski definition) is 0. The van der Waals surface area contributed by atoms with Crippen LogP contribution in [0.1, 0.15) is 28.2 Å². The second-order valence-corrected chi connectivity index (χ2v) is 7.93. The summed E-state index contributed by atoms with van der Waals surface area (Å²) in [5.74, 6) is 0.253. The van der Waals surface area contributed by atoms with Gasteiger partial charge in [0.25, 0.3) is 0 Å². The average Bonchev–Trinajstić information content (AvgIpc) is 2.75. The highest BCUT2D eigenvalue weighted by atomic mass is 14.2. The molecule has 0 aromatic heterocycles. The maximum Gasteiger partial charge on any atom is 0.0281 e. The molecule has 4 aromatic carbocycles. The van der Waals surface area contributed by atoms with Gasteiger partial charge in [0.2, 0.25) is 0 Å². The normalized spacial score (nSPS) is 17.4. The molecule has 1 atom stereocenters. The van der Waals surface area contributed by atoms with Crippen LogP contribution in [0.5, 0.6) is 0 Å². The first-order valence-corrected chi connectivity index (χ1v) is 10.2. The summed E-state index contributed by atoms with van der Waals surface area (Å²) in [7, 11) is 0. The lowest BCUT2D eigenvalue weighted by Crippen LogP contribution is -2.05. The van der Waals surface area contributed by atoms with Crippen LogP contribution in [0.25, 0.3) is 27.6 Å². The lowest BCUT2D eigenvalue weighted by molar-refractivity contribution is 1.01. The minimum absolute atomic E-state index is 0.253. The van der Waals surface area contributed by atoms with E-state index in [0.29, 0.717) is 0 Å².